The van der Waals surface area contributed by atoms with Crippen LogP contribution in [-0.2, 0) is 21.5 Å². The molecular weight excluding hydrogens is 364 g/mol. The van der Waals surface area contributed by atoms with Crippen LogP contribution in [0, 0.1) is 0 Å². The van der Waals surface area contributed by atoms with Crippen LogP contribution in [0.3, 0.4) is 0 Å². The fraction of sp³-hybridized carbons (Fsp3) is 0.143. The monoisotopic (exact) mass is 386 g/mol. The van der Waals surface area contributed by atoms with Crippen molar-refractivity contribution in [2.45, 2.75) is 20.0 Å². The quantitative estimate of drug-likeness (QED) is 0.482. The molecule has 26 heavy (non-hydrogen) atoms. The first-order chi connectivity index (χ1) is 12.7. The maximum atomic E-state index is 6.24. The van der Waals surface area contributed by atoms with Gasteiger partial charge in [0, 0.05) is 0 Å². The molecule has 0 N–H and O–H groups in total. The minimum atomic E-state index is -4.22. The van der Waals surface area contributed by atoms with E-state index in [2.05, 4.69) is 0 Å². The summed E-state index contributed by atoms with van der Waals surface area (Å²) in [6, 6.07) is 28.4. The normalized spacial score (nSPS) is 11.2. The summed E-state index contributed by atoms with van der Waals surface area (Å²) < 4.78 is 24.9. The molecule has 0 spiro atoms. The number of benzene rings is 3. The van der Waals surface area contributed by atoms with E-state index in [0.29, 0.717) is 17.2 Å². The van der Waals surface area contributed by atoms with E-state index in [-0.39, 0.29) is 6.10 Å². The SMILES string of the molecule is CC(C)[O][Ti]([O]c1ccccc1)([O]c1ccccc1)[O]c1ccccc1. The molecule has 0 amide bonds. The van der Waals surface area contributed by atoms with Gasteiger partial charge < -0.3 is 0 Å². The number of hydrogen-bond donors (Lipinski definition) is 0. The second-order valence-electron chi connectivity index (χ2n) is 5.91. The topological polar surface area (TPSA) is 36.9 Å². The van der Waals surface area contributed by atoms with Gasteiger partial charge in [-0.15, -0.1) is 0 Å². The van der Waals surface area contributed by atoms with E-state index in [1.807, 2.05) is 105 Å². The van der Waals surface area contributed by atoms with Gasteiger partial charge in [-0.05, 0) is 0 Å². The Morgan fingerprint density at radius 3 is 1.12 bits per heavy atom. The van der Waals surface area contributed by atoms with Crippen molar-refractivity contribution in [1.29, 1.82) is 0 Å². The Kier molecular flexibility index (Phi) is 6.34. The van der Waals surface area contributed by atoms with Crippen molar-refractivity contribution < 1.29 is 31.4 Å². The van der Waals surface area contributed by atoms with Crippen LogP contribution >= 0.6 is 0 Å². The van der Waals surface area contributed by atoms with E-state index in [4.69, 9.17) is 13.3 Å². The van der Waals surface area contributed by atoms with Gasteiger partial charge in [0.25, 0.3) is 0 Å². The molecule has 0 heterocycles. The van der Waals surface area contributed by atoms with Crippen LogP contribution in [-0.4, -0.2) is 6.10 Å². The third kappa shape index (κ3) is 5.36. The summed E-state index contributed by atoms with van der Waals surface area (Å²) >= 11 is -4.22. The van der Waals surface area contributed by atoms with Crippen LogP contribution in [0.5, 0.6) is 17.2 Å². The van der Waals surface area contributed by atoms with E-state index in [1.165, 1.54) is 0 Å². The van der Waals surface area contributed by atoms with Gasteiger partial charge in [0.05, 0.1) is 0 Å². The van der Waals surface area contributed by atoms with Crippen molar-refractivity contribution in [2.24, 2.45) is 0 Å². The van der Waals surface area contributed by atoms with Crippen LogP contribution in [0.2, 0.25) is 0 Å². The van der Waals surface area contributed by atoms with Gasteiger partial charge >= 0.3 is 160 Å². The first-order valence-corrected chi connectivity index (χ1v) is 11.1. The summed E-state index contributed by atoms with van der Waals surface area (Å²) in [6.07, 6.45) is -0.119. The maximum absolute atomic E-state index is 6.24. The second-order valence-corrected chi connectivity index (χ2v) is 8.80. The molecule has 5 heteroatoms. The summed E-state index contributed by atoms with van der Waals surface area (Å²) in [4.78, 5) is 0. The van der Waals surface area contributed by atoms with Crippen LogP contribution in [0.15, 0.2) is 91.0 Å². The molecule has 3 rings (SSSR count). The van der Waals surface area contributed by atoms with Gasteiger partial charge in [-0.2, -0.15) is 0 Å². The second kappa shape index (κ2) is 8.90. The average Bonchev–Trinajstić information content (AvgIpc) is 2.63. The van der Waals surface area contributed by atoms with Crippen LogP contribution in [0.4, 0.5) is 0 Å². The number of para-hydroxylation sites is 3. The summed E-state index contributed by atoms with van der Waals surface area (Å²) in [5, 5.41) is 0. The first kappa shape index (κ1) is 18.5. The Hall–Kier alpha value is -2.27. The van der Waals surface area contributed by atoms with E-state index in [1.54, 1.807) is 0 Å². The summed E-state index contributed by atoms with van der Waals surface area (Å²) in [5.74, 6) is 1.96. The standard InChI is InChI=1S/3C6H6O.C3H7O.Ti/c3*7-6-4-2-1-3-5-6;1-3(2)4;/h3*1-5,7H;3H,1-2H3;/q;;;-1;+4/p-3. The third-order valence-electron chi connectivity index (χ3n) is 3.34. The number of rotatable bonds is 8. The molecule has 0 aromatic heterocycles. The van der Waals surface area contributed by atoms with Gasteiger partial charge in [0.1, 0.15) is 0 Å². The summed E-state index contributed by atoms with van der Waals surface area (Å²) in [5.41, 5.74) is 0. The Morgan fingerprint density at radius 1 is 0.538 bits per heavy atom. The van der Waals surface area contributed by atoms with Crippen molar-refractivity contribution in [3.63, 3.8) is 0 Å². The Bertz CT molecular complexity index is 677. The zero-order chi connectivity index (χ0) is 18.2. The molecule has 3 aromatic rings. The van der Waals surface area contributed by atoms with E-state index in [0.717, 1.165) is 0 Å². The van der Waals surface area contributed by atoms with Crippen LogP contribution in [0.1, 0.15) is 13.8 Å². The Balaban J connectivity index is 1.97. The van der Waals surface area contributed by atoms with Crippen LogP contribution in [0.25, 0.3) is 0 Å². The fourth-order valence-electron chi connectivity index (χ4n) is 2.32. The molecule has 3 aromatic carbocycles. The molecule has 0 aliphatic rings. The van der Waals surface area contributed by atoms with Crippen molar-refractivity contribution >= 4 is 0 Å². The number of hydrogen-bond acceptors (Lipinski definition) is 4. The zero-order valence-corrected chi connectivity index (χ0v) is 16.4. The van der Waals surface area contributed by atoms with Crippen molar-refractivity contribution in [3.05, 3.63) is 91.0 Å². The Labute approximate surface area is 159 Å². The average molecular weight is 386 g/mol. The van der Waals surface area contributed by atoms with E-state index < -0.39 is 18.1 Å². The molecular formula is C21H22O4Ti. The molecule has 0 saturated heterocycles. The molecule has 0 aliphatic carbocycles. The molecule has 134 valence electrons. The van der Waals surface area contributed by atoms with Gasteiger partial charge in [-0.1, -0.05) is 0 Å². The van der Waals surface area contributed by atoms with E-state index in [9.17, 15) is 0 Å². The predicted octanol–water partition coefficient (Wildman–Crippen LogP) is 5.46. The van der Waals surface area contributed by atoms with Gasteiger partial charge in [-0.3, -0.25) is 0 Å². The third-order valence-corrected chi connectivity index (χ3v) is 6.80. The zero-order valence-electron chi connectivity index (χ0n) is 14.9. The van der Waals surface area contributed by atoms with Gasteiger partial charge in [-0.25, -0.2) is 0 Å². The molecule has 0 bridgehead atoms. The van der Waals surface area contributed by atoms with Crippen molar-refractivity contribution in [2.75, 3.05) is 0 Å². The van der Waals surface area contributed by atoms with E-state index >= 15 is 0 Å². The summed E-state index contributed by atoms with van der Waals surface area (Å²) in [6.45, 7) is 3.88. The predicted molar refractivity (Wildman–Crippen MR) is 97.4 cm³/mol. The van der Waals surface area contributed by atoms with Crippen LogP contribution < -0.4 is 9.96 Å². The van der Waals surface area contributed by atoms with Crippen molar-refractivity contribution in [3.8, 4) is 17.2 Å². The molecule has 4 nitrogen and oxygen atoms in total. The Morgan fingerprint density at radius 2 is 0.846 bits per heavy atom. The molecule has 0 radical (unpaired) electrons. The van der Waals surface area contributed by atoms with Gasteiger partial charge in [0.15, 0.2) is 0 Å². The first-order valence-electron chi connectivity index (χ1n) is 8.55. The molecule has 0 aliphatic heterocycles. The van der Waals surface area contributed by atoms with Gasteiger partial charge in [0.2, 0.25) is 0 Å². The fourth-order valence-corrected chi connectivity index (χ4v) is 5.63. The molecule has 0 fully saturated rings. The minimum absolute atomic E-state index is 0.119. The molecule has 0 atom stereocenters. The molecule has 0 unspecified atom stereocenters. The van der Waals surface area contributed by atoms with Crippen molar-refractivity contribution in [1.82, 2.24) is 0 Å². The molecule has 0 saturated carbocycles. The summed E-state index contributed by atoms with van der Waals surface area (Å²) in [7, 11) is 0.